The lowest BCUT2D eigenvalue weighted by molar-refractivity contribution is -0.140. The lowest BCUT2D eigenvalue weighted by atomic mass is 9.96. The van der Waals surface area contributed by atoms with Gasteiger partial charge in [0.05, 0.1) is 29.4 Å². The van der Waals surface area contributed by atoms with Crippen LogP contribution in [-0.4, -0.2) is 64.2 Å². The van der Waals surface area contributed by atoms with Gasteiger partial charge in [0.25, 0.3) is 0 Å². The third-order valence-corrected chi connectivity index (χ3v) is 5.96. The summed E-state index contributed by atoms with van der Waals surface area (Å²) in [7, 11) is 3.09. The molecule has 1 aromatic carbocycles. The van der Waals surface area contributed by atoms with Gasteiger partial charge in [0.2, 0.25) is 5.91 Å². The van der Waals surface area contributed by atoms with Gasteiger partial charge in [-0.25, -0.2) is 4.79 Å². The molecule has 0 aromatic heterocycles. The van der Waals surface area contributed by atoms with Gasteiger partial charge in [-0.2, -0.15) is 0 Å². The number of carbonyl (C=O) groups excluding carboxylic acids is 2. The SMILES string of the molecule is Cc1ccc(C2NC(SCC(=O)O)C3C(=O)N(C)C(=O)N(C)C3N2)cc1. The Hall–Kier alpha value is -2.10. The molecule has 26 heavy (non-hydrogen) atoms. The minimum atomic E-state index is -0.945. The minimum absolute atomic E-state index is 0.129. The molecule has 2 heterocycles. The summed E-state index contributed by atoms with van der Waals surface area (Å²) >= 11 is 1.17. The Kier molecular flexibility index (Phi) is 5.22. The van der Waals surface area contributed by atoms with Gasteiger partial charge >= 0.3 is 12.0 Å². The van der Waals surface area contributed by atoms with Crippen molar-refractivity contribution < 1.29 is 19.5 Å². The molecule has 9 heteroatoms. The number of carboxylic acid groups (broad SMARTS) is 1. The molecular formula is C17H22N4O4S. The van der Waals surface area contributed by atoms with E-state index in [0.717, 1.165) is 16.0 Å². The number of rotatable bonds is 4. The molecule has 3 N–H and O–H groups in total. The van der Waals surface area contributed by atoms with E-state index in [9.17, 15) is 14.4 Å². The van der Waals surface area contributed by atoms with Crippen LogP contribution in [0.2, 0.25) is 0 Å². The van der Waals surface area contributed by atoms with Crippen LogP contribution in [0.5, 0.6) is 0 Å². The zero-order valence-electron chi connectivity index (χ0n) is 14.8. The summed E-state index contributed by atoms with van der Waals surface area (Å²) in [6.07, 6.45) is -0.806. The first-order chi connectivity index (χ1) is 12.3. The van der Waals surface area contributed by atoms with Crippen LogP contribution in [-0.2, 0) is 9.59 Å². The first kappa shape index (κ1) is 18.7. The van der Waals surface area contributed by atoms with Gasteiger partial charge in [-0.15, -0.1) is 11.8 Å². The number of aryl methyl sites for hydroxylation is 1. The van der Waals surface area contributed by atoms with Crippen LogP contribution in [0, 0.1) is 12.8 Å². The van der Waals surface area contributed by atoms with E-state index < -0.39 is 23.4 Å². The molecule has 140 valence electrons. The topological polar surface area (TPSA) is 102 Å². The Morgan fingerprint density at radius 2 is 1.85 bits per heavy atom. The first-order valence-corrected chi connectivity index (χ1v) is 9.31. The van der Waals surface area contributed by atoms with E-state index in [1.165, 1.54) is 23.7 Å². The Morgan fingerprint density at radius 3 is 2.46 bits per heavy atom. The molecule has 2 aliphatic rings. The van der Waals surface area contributed by atoms with Crippen molar-refractivity contribution in [1.29, 1.82) is 0 Å². The monoisotopic (exact) mass is 378 g/mol. The number of thioether (sulfide) groups is 1. The van der Waals surface area contributed by atoms with Crippen molar-refractivity contribution in [2.45, 2.75) is 24.6 Å². The molecular weight excluding hydrogens is 356 g/mol. The molecule has 0 radical (unpaired) electrons. The smallest absolute Gasteiger partial charge is 0.327 e. The van der Waals surface area contributed by atoms with Gasteiger partial charge in [0, 0.05) is 14.1 Å². The average molecular weight is 378 g/mol. The highest BCUT2D eigenvalue weighted by molar-refractivity contribution is 8.00. The number of imide groups is 1. The molecule has 8 nitrogen and oxygen atoms in total. The second-order valence-corrected chi connectivity index (χ2v) is 7.69. The van der Waals surface area contributed by atoms with Crippen LogP contribution in [0.15, 0.2) is 24.3 Å². The van der Waals surface area contributed by atoms with E-state index >= 15 is 0 Å². The number of hydrogen-bond donors (Lipinski definition) is 3. The largest absolute Gasteiger partial charge is 0.481 e. The molecule has 0 saturated carbocycles. The molecule has 4 unspecified atom stereocenters. The number of urea groups is 1. The second kappa shape index (κ2) is 7.26. The summed E-state index contributed by atoms with van der Waals surface area (Å²) in [5, 5.41) is 15.3. The van der Waals surface area contributed by atoms with Crippen molar-refractivity contribution in [2.75, 3.05) is 19.8 Å². The van der Waals surface area contributed by atoms with E-state index in [0.29, 0.717) is 0 Å². The van der Waals surface area contributed by atoms with Crippen molar-refractivity contribution in [3.8, 4) is 0 Å². The summed E-state index contributed by atoms with van der Waals surface area (Å²) in [6, 6.07) is 7.53. The van der Waals surface area contributed by atoms with E-state index in [2.05, 4.69) is 10.6 Å². The van der Waals surface area contributed by atoms with Crippen molar-refractivity contribution in [1.82, 2.24) is 20.4 Å². The number of carboxylic acids is 1. The fraction of sp³-hybridized carbons (Fsp3) is 0.471. The highest BCUT2D eigenvalue weighted by Gasteiger charge is 2.51. The number of hydrogen-bond acceptors (Lipinski definition) is 6. The van der Waals surface area contributed by atoms with Gasteiger partial charge in [0.15, 0.2) is 0 Å². The molecule has 2 fully saturated rings. The van der Waals surface area contributed by atoms with Gasteiger partial charge in [-0.3, -0.25) is 25.1 Å². The summed E-state index contributed by atoms with van der Waals surface area (Å²) in [6.45, 7) is 2.00. The van der Waals surface area contributed by atoms with E-state index in [4.69, 9.17) is 5.11 Å². The molecule has 3 rings (SSSR count). The number of aliphatic carboxylic acids is 1. The summed E-state index contributed by atoms with van der Waals surface area (Å²) in [5.74, 6) is -1.97. The van der Waals surface area contributed by atoms with Gasteiger partial charge in [0.1, 0.15) is 0 Å². The number of fused-ring (bicyclic) bond motifs is 1. The molecule has 1 aromatic rings. The number of amides is 3. The zero-order chi connectivity index (χ0) is 19.0. The predicted octanol–water partition coefficient (Wildman–Crippen LogP) is 0.796. The van der Waals surface area contributed by atoms with Crippen LogP contribution in [0.4, 0.5) is 4.79 Å². The van der Waals surface area contributed by atoms with Crippen molar-refractivity contribution in [3.63, 3.8) is 0 Å². The lowest BCUT2D eigenvalue weighted by Crippen LogP contribution is -2.72. The maximum absolute atomic E-state index is 12.7. The van der Waals surface area contributed by atoms with Crippen LogP contribution in [0.1, 0.15) is 17.3 Å². The van der Waals surface area contributed by atoms with Gasteiger partial charge in [-0.05, 0) is 12.5 Å². The number of nitrogens with one attached hydrogen (secondary N) is 2. The molecule has 3 amide bonds. The average Bonchev–Trinajstić information content (AvgIpc) is 2.62. The van der Waals surface area contributed by atoms with Crippen molar-refractivity contribution in [3.05, 3.63) is 35.4 Å². The Bertz CT molecular complexity index is 726. The number of benzene rings is 1. The van der Waals surface area contributed by atoms with Crippen LogP contribution in [0.25, 0.3) is 0 Å². The molecule has 0 spiro atoms. The fourth-order valence-corrected chi connectivity index (χ4v) is 4.34. The Morgan fingerprint density at radius 1 is 1.19 bits per heavy atom. The zero-order valence-corrected chi connectivity index (χ0v) is 15.6. The third-order valence-electron chi connectivity index (χ3n) is 4.75. The molecule has 2 aliphatic heterocycles. The summed E-state index contributed by atoms with van der Waals surface area (Å²) in [5.41, 5.74) is 2.09. The van der Waals surface area contributed by atoms with E-state index in [1.807, 2.05) is 31.2 Å². The molecule has 0 bridgehead atoms. The maximum atomic E-state index is 12.7. The summed E-state index contributed by atoms with van der Waals surface area (Å²) < 4.78 is 0. The molecule has 4 atom stereocenters. The quantitative estimate of drug-likeness (QED) is 0.712. The fourth-order valence-electron chi connectivity index (χ4n) is 3.31. The van der Waals surface area contributed by atoms with Crippen LogP contribution in [0.3, 0.4) is 0 Å². The minimum Gasteiger partial charge on any atom is -0.481 e. The second-order valence-electron chi connectivity index (χ2n) is 6.56. The van der Waals surface area contributed by atoms with E-state index in [1.54, 1.807) is 7.05 Å². The van der Waals surface area contributed by atoms with Crippen molar-refractivity contribution >= 4 is 29.7 Å². The van der Waals surface area contributed by atoms with Gasteiger partial charge in [-0.1, -0.05) is 29.8 Å². The predicted molar refractivity (Wildman–Crippen MR) is 97.3 cm³/mol. The van der Waals surface area contributed by atoms with Crippen LogP contribution >= 0.6 is 11.8 Å². The highest BCUT2D eigenvalue weighted by atomic mass is 32.2. The first-order valence-electron chi connectivity index (χ1n) is 8.26. The summed E-state index contributed by atoms with van der Waals surface area (Å²) in [4.78, 5) is 38.6. The molecule has 2 saturated heterocycles. The Balaban J connectivity index is 1.91. The maximum Gasteiger partial charge on any atom is 0.327 e. The van der Waals surface area contributed by atoms with E-state index in [-0.39, 0.29) is 23.9 Å². The lowest BCUT2D eigenvalue weighted by Gasteiger charge is -2.50. The number of carbonyl (C=O) groups is 3. The standard InChI is InChI=1S/C17H22N4O4S/c1-9-4-6-10(7-5-9)13-18-14-12(15(19-13)26-8-11(22)23)16(24)21(3)17(25)20(14)2/h4-7,12-15,18-19H,8H2,1-3H3,(H,22,23). The van der Waals surface area contributed by atoms with Crippen molar-refractivity contribution in [2.24, 2.45) is 5.92 Å². The number of nitrogens with zero attached hydrogens (tertiary/aromatic N) is 2. The van der Waals surface area contributed by atoms with Gasteiger partial charge < -0.3 is 10.0 Å². The third kappa shape index (κ3) is 3.42. The molecule has 0 aliphatic carbocycles. The Labute approximate surface area is 155 Å². The highest BCUT2D eigenvalue weighted by Crippen LogP contribution is 2.34. The van der Waals surface area contributed by atoms with Crippen LogP contribution < -0.4 is 10.6 Å². The normalized spacial score (nSPS) is 28.9.